The maximum absolute atomic E-state index is 12.7. The Hall–Kier alpha value is -4.12. The molecule has 0 aliphatic heterocycles. The lowest BCUT2D eigenvalue weighted by atomic mass is 10.2. The number of hydrogen-bond acceptors (Lipinski definition) is 7. The van der Waals surface area contributed by atoms with Gasteiger partial charge in [0.2, 0.25) is 0 Å². The maximum Gasteiger partial charge on any atom is 0.420 e. The Morgan fingerprint density at radius 1 is 1.12 bits per heavy atom. The summed E-state index contributed by atoms with van der Waals surface area (Å²) in [6, 6.07) is 18.5. The van der Waals surface area contributed by atoms with Gasteiger partial charge in [-0.25, -0.2) is 14.3 Å². The van der Waals surface area contributed by atoms with Gasteiger partial charge in [-0.1, -0.05) is 36.4 Å². The van der Waals surface area contributed by atoms with Crippen molar-refractivity contribution >= 4 is 17.7 Å². The van der Waals surface area contributed by atoms with Crippen molar-refractivity contribution in [2.75, 3.05) is 11.4 Å². The van der Waals surface area contributed by atoms with Crippen molar-refractivity contribution in [1.82, 2.24) is 9.55 Å². The molecule has 0 N–H and O–H groups in total. The number of hydrogen-bond donors (Lipinski definition) is 0. The number of benzene rings is 2. The van der Waals surface area contributed by atoms with Crippen LogP contribution in [0, 0.1) is 18.3 Å². The maximum atomic E-state index is 12.7. The molecule has 0 atom stereocenters. The molecule has 176 valence electrons. The first-order chi connectivity index (χ1) is 16.2. The monoisotopic (exact) mass is 460 g/mol. The molecule has 0 unspecified atom stereocenters. The summed E-state index contributed by atoms with van der Waals surface area (Å²) < 4.78 is 12.2. The fourth-order valence-electron chi connectivity index (χ4n) is 3.23. The Bertz CT molecular complexity index is 1190. The van der Waals surface area contributed by atoms with Crippen molar-refractivity contribution in [2.45, 2.75) is 46.4 Å². The Kier molecular flexibility index (Phi) is 7.69. The van der Waals surface area contributed by atoms with Crippen LogP contribution in [-0.4, -0.2) is 33.8 Å². The van der Waals surface area contributed by atoms with E-state index in [4.69, 9.17) is 9.47 Å². The van der Waals surface area contributed by atoms with Crippen LogP contribution in [0.15, 0.2) is 60.9 Å². The molecule has 0 aliphatic carbocycles. The average Bonchev–Trinajstić information content (AvgIpc) is 3.17. The first-order valence-corrected chi connectivity index (χ1v) is 10.9. The minimum atomic E-state index is -0.639. The van der Waals surface area contributed by atoms with Crippen LogP contribution in [0.2, 0.25) is 0 Å². The fraction of sp³-hybridized carbons (Fsp3) is 0.308. The molecule has 3 rings (SSSR count). The Balaban J connectivity index is 1.80. The summed E-state index contributed by atoms with van der Waals surface area (Å²) >= 11 is 0. The van der Waals surface area contributed by atoms with E-state index >= 15 is 0 Å². The van der Waals surface area contributed by atoms with E-state index in [1.807, 2.05) is 36.4 Å². The number of carbonyl (C=O) groups excluding carboxylic acids is 2. The molecule has 0 fully saturated rings. The van der Waals surface area contributed by atoms with Crippen LogP contribution in [0.4, 0.5) is 10.5 Å². The summed E-state index contributed by atoms with van der Waals surface area (Å²) in [4.78, 5) is 31.3. The summed E-state index contributed by atoms with van der Waals surface area (Å²) in [5.74, 6) is -0.421. The summed E-state index contributed by atoms with van der Waals surface area (Å²) in [5, 5.41) is 9.30. The second kappa shape index (κ2) is 10.7. The number of aromatic nitrogens is 2. The van der Waals surface area contributed by atoms with Crippen LogP contribution in [0.25, 0.3) is 0 Å². The van der Waals surface area contributed by atoms with Crippen molar-refractivity contribution in [3.05, 3.63) is 83.4 Å². The molecule has 0 saturated carbocycles. The minimum Gasteiger partial charge on any atom is -0.459 e. The van der Waals surface area contributed by atoms with Crippen molar-refractivity contribution in [3.63, 3.8) is 0 Å². The van der Waals surface area contributed by atoms with E-state index < -0.39 is 17.7 Å². The molecular formula is C26H28N4O4. The van der Waals surface area contributed by atoms with Gasteiger partial charge in [-0.05, 0) is 51.5 Å². The standard InChI is InChI=1S/C26H28N4O4/c1-19-23(28-18-30(19)25(32)34-26(2,3)4)15-29(22-12-8-11-21(13-22)14-27)16-24(31)33-17-20-9-6-5-7-10-20/h5-13,18H,15-17H2,1-4H3. The van der Waals surface area contributed by atoms with E-state index in [1.54, 1.807) is 50.8 Å². The number of esters is 1. The number of rotatable bonds is 7. The first kappa shape index (κ1) is 24.5. The van der Waals surface area contributed by atoms with Crippen molar-refractivity contribution in [1.29, 1.82) is 5.26 Å². The van der Waals surface area contributed by atoms with E-state index in [9.17, 15) is 14.9 Å². The highest BCUT2D eigenvalue weighted by Crippen LogP contribution is 2.21. The SMILES string of the molecule is Cc1c(CN(CC(=O)OCc2ccccc2)c2cccc(C#N)c2)ncn1C(=O)OC(C)(C)C. The number of nitriles is 1. The third-order valence-corrected chi connectivity index (χ3v) is 4.94. The second-order valence-corrected chi connectivity index (χ2v) is 8.79. The highest BCUT2D eigenvalue weighted by Gasteiger charge is 2.22. The second-order valence-electron chi connectivity index (χ2n) is 8.79. The number of ether oxygens (including phenoxy) is 2. The molecule has 0 radical (unpaired) electrons. The van der Waals surface area contributed by atoms with Crippen molar-refractivity contribution in [3.8, 4) is 6.07 Å². The van der Waals surface area contributed by atoms with Gasteiger partial charge in [-0.15, -0.1) is 0 Å². The van der Waals surface area contributed by atoms with Gasteiger partial charge in [0.15, 0.2) is 0 Å². The lowest BCUT2D eigenvalue weighted by Crippen LogP contribution is -2.31. The zero-order chi connectivity index (χ0) is 24.7. The van der Waals surface area contributed by atoms with Gasteiger partial charge in [-0.2, -0.15) is 5.26 Å². The topological polar surface area (TPSA) is 97.5 Å². The average molecular weight is 461 g/mol. The molecule has 34 heavy (non-hydrogen) atoms. The molecule has 1 aromatic heterocycles. The van der Waals surface area contributed by atoms with Crippen molar-refractivity contribution < 1.29 is 19.1 Å². The van der Waals surface area contributed by atoms with Crippen LogP contribution in [0.5, 0.6) is 0 Å². The zero-order valence-corrected chi connectivity index (χ0v) is 19.8. The number of imidazole rings is 1. The third-order valence-electron chi connectivity index (χ3n) is 4.94. The third kappa shape index (κ3) is 6.69. The largest absolute Gasteiger partial charge is 0.459 e. The molecule has 0 saturated heterocycles. The first-order valence-electron chi connectivity index (χ1n) is 10.9. The van der Waals surface area contributed by atoms with E-state index in [0.717, 1.165) is 5.56 Å². The van der Waals surface area contributed by atoms with Gasteiger partial charge in [0.05, 0.1) is 29.6 Å². The summed E-state index contributed by atoms with van der Waals surface area (Å²) in [6.07, 6.45) is 0.889. The molecule has 2 aromatic carbocycles. The molecule has 0 amide bonds. The van der Waals surface area contributed by atoms with Crippen LogP contribution < -0.4 is 4.90 Å². The van der Waals surface area contributed by atoms with Gasteiger partial charge in [-0.3, -0.25) is 4.79 Å². The summed E-state index contributed by atoms with van der Waals surface area (Å²) in [6.45, 7) is 7.49. The van der Waals surface area contributed by atoms with Crippen LogP contribution in [-0.2, 0) is 27.4 Å². The minimum absolute atomic E-state index is 0.0551. The number of carbonyl (C=O) groups is 2. The van der Waals surface area contributed by atoms with Crippen LogP contribution in [0.3, 0.4) is 0 Å². The summed E-state index contributed by atoms with van der Waals surface area (Å²) in [5.41, 5.74) is 2.59. The van der Waals surface area contributed by atoms with Gasteiger partial charge >= 0.3 is 12.1 Å². The molecule has 0 spiro atoms. The van der Waals surface area contributed by atoms with Crippen molar-refractivity contribution in [2.24, 2.45) is 0 Å². The van der Waals surface area contributed by atoms with Crippen LogP contribution in [0.1, 0.15) is 43.3 Å². The Morgan fingerprint density at radius 2 is 1.85 bits per heavy atom. The Labute approximate surface area is 199 Å². The zero-order valence-electron chi connectivity index (χ0n) is 19.8. The van der Waals surface area contributed by atoms with E-state index in [2.05, 4.69) is 11.1 Å². The molecular weight excluding hydrogens is 432 g/mol. The summed E-state index contributed by atoms with van der Waals surface area (Å²) in [7, 11) is 0. The molecule has 1 heterocycles. The quantitative estimate of drug-likeness (QED) is 0.475. The lowest BCUT2D eigenvalue weighted by Gasteiger charge is -2.24. The molecule has 0 aliphatic rings. The molecule has 3 aromatic rings. The van der Waals surface area contributed by atoms with Gasteiger partial charge < -0.3 is 14.4 Å². The molecule has 8 heteroatoms. The Morgan fingerprint density at radius 3 is 2.53 bits per heavy atom. The van der Waals surface area contributed by atoms with Crippen LogP contribution >= 0.6 is 0 Å². The van der Waals surface area contributed by atoms with Gasteiger partial charge in [0.1, 0.15) is 25.1 Å². The van der Waals surface area contributed by atoms with Gasteiger partial charge in [0.25, 0.3) is 0 Å². The number of anilines is 1. The predicted octanol–water partition coefficient (Wildman–Crippen LogP) is 4.60. The smallest absolute Gasteiger partial charge is 0.420 e. The lowest BCUT2D eigenvalue weighted by molar-refractivity contribution is -0.143. The highest BCUT2D eigenvalue weighted by molar-refractivity contribution is 5.76. The van der Waals surface area contributed by atoms with Gasteiger partial charge in [0, 0.05) is 5.69 Å². The normalized spacial score (nSPS) is 10.9. The fourth-order valence-corrected chi connectivity index (χ4v) is 3.23. The number of nitrogens with zero attached hydrogens (tertiary/aromatic N) is 4. The molecule has 0 bridgehead atoms. The van der Waals surface area contributed by atoms with E-state index in [-0.39, 0.29) is 19.7 Å². The van der Waals surface area contributed by atoms with E-state index in [0.29, 0.717) is 22.6 Å². The molecule has 8 nitrogen and oxygen atoms in total. The highest BCUT2D eigenvalue weighted by atomic mass is 16.6. The van der Waals surface area contributed by atoms with E-state index in [1.165, 1.54) is 10.9 Å². The predicted molar refractivity (Wildman–Crippen MR) is 127 cm³/mol.